The van der Waals surface area contributed by atoms with Gasteiger partial charge in [0, 0.05) is 36.2 Å². The Bertz CT molecular complexity index is 1080. The van der Waals surface area contributed by atoms with E-state index >= 15 is 0 Å². The summed E-state index contributed by atoms with van der Waals surface area (Å²) in [6.45, 7) is 0. The maximum Gasteiger partial charge on any atom is 0.156 e. The molecule has 8 heteroatoms. The number of anilines is 4. The van der Waals surface area contributed by atoms with Crippen molar-refractivity contribution in [3.63, 3.8) is 0 Å². The quantitative estimate of drug-likeness (QED) is 0.308. The fourth-order valence-corrected chi connectivity index (χ4v) is 5.90. The van der Waals surface area contributed by atoms with E-state index in [4.69, 9.17) is 0 Å². The minimum atomic E-state index is 0.118. The fourth-order valence-electron chi connectivity index (χ4n) is 3.73. The first-order chi connectivity index (χ1) is 14.8. The number of fused-ring (bicyclic) bond motifs is 2. The summed E-state index contributed by atoms with van der Waals surface area (Å²) < 4.78 is 4.23. The van der Waals surface area contributed by atoms with Gasteiger partial charge in [-0.05, 0) is 82.3 Å². The number of hydrogen-bond acceptors (Lipinski definition) is 6. The van der Waals surface area contributed by atoms with Crippen molar-refractivity contribution in [2.45, 2.75) is 11.0 Å². The third-order valence-electron chi connectivity index (χ3n) is 5.21. The lowest BCUT2D eigenvalue weighted by Gasteiger charge is -2.15. The average Bonchev–Trinajstić information content (AvgIpc) is 3.56. The molecule has 0 bridgehead atoms. The predicted molar refractivity (Wildman–Crippen MR) is 129 cm³/mol. The Hall–Kier alpha value is -3.10. The molecule has 2 atom stereocenters. The summed E-state index contributed by atoms with van der Waals surface area (Å²) in [4.78, 5) is 0. The summed E-state index contributed by atoms with van der Waals surface area (Å²) in [5.41, 5.74) is 7.07. The zero-order valence-electron chi connectivity index (χ0n) is 15.9. The SMILES string of the molecule is c1ccn(-c2ccc3c(c2)NC(SSC2Nc4ccc(-n5cccc5)cc4N2)N3)c1. The summed E-state index contributed by atoms with van der Waals surface area (Å²) in [6.07, 6.45) is 8.23. The van der Waals surface area contributed by atoms with E-state index in [0.717, 1.165) is 34.1 Å². The first kappa shape index (κ1) is 17.7. The number of benzene rings is 2. The second-order valence-electron chi connectivity index (χ2n) is 7.17. The van der Waals surface area contributed by atoms with E-state index in [1.54, 1.807) is 21.6 Å². The molecule has 2 aromatic carbocycles. The third kappa shape index (κ3) is 3.28. The van der Waals surface area contributed by atoms with Gasteiger partial charge in [0.25, 0.3) is 0 Å². The van der Waals surface area contributed by atoms with Gasteiger partial charge in [0.2, 0.25) is 0 Å². The molecule has 2 aromatic heterocycles. The van der Waals surface area contributed by atoms with Gasteiger partial charge in [-0.15, -0.1) is 0 Å². The average molecular weight is 433 g/mol. The summed E-state index contributed by atoms with van der Waals surface area (Å²) in [5, 5.41) is 14.2. The van der Waals surface area contributed by atoms with E-state index in [1.165, 1.54) is 0 Å². The van der Waals surface area contributed by atoms with Crippen LogP contribution in [0.4, 0.5) is 22.7 Å². The Labute approximate surface area is 182 Å². The van der Waals surface area contributed by atoms with Crippen LogP contribution in [0, 0.1) is 0 Å². The largest absolute Gasteiger partial charge is 0.355 e. The molecule has 4 aromatic rings. The Morgan fingerprint density at radius 3 is 1.37 bits per heavy atom. The highest BCUT2D eigenvalue weighted by Gasteiger charge is 2.25. The highest BCUT2D eigenvalue weighted by atomic mass is 33.1. The lowest BCUT2D eigenvalue weighted by atomic mass is 10.2. The van der Waals surface area contributed by atoms with Crippen molar-refractivity contribution in [3.8, 4) is 11.4 Å². The topological polar surface area (TPSA) is 58.0 Å². The highest BCUT2D eigenvalue weighted by Crippen LogP contribution is 2.42. The van der Waals surface area contributed by atoms with Gasteiger partial charge < -0.3 is 30.4 Å². The van der Waals surface area contributed by atoms with E-state index in [1.807, 2.05) is 24.3 Å². The standard InChI is InChI=1S/C22H20N6S2/c1-2-10-27(9-1)15-5-7-17-19(13-15)25-21(23-17)29-30-22-24-18-8-6-16(14-20(18)26-22)28-11-3-4-12-28/h1-14,21-26H. The molecule has 0 spiro atoms. The summed E-state index contributed by atoms with van der Waals surface area (Å²) in [7, 11) is 3.54. The van der Waals surface area contributed by atoms with E-state index in [2.05, 4.69) is 91.6 Å². The molecule has 2 aliphatic rings. The molecule has 150 valence electrons. The minimum absolute atomic E-state index is 0.118. The number of rotatable bonds is 5. The maximum absolute atomic E-state index is 3.57. The first-order valence-electron chi connectivity index (χ1n) is 9.75. The fraction of sp³-hybridized carbons (Fsp3) is 0.0909. The molecule has 0 saturated heterocycles. The second-order valence-corrected chi connectivity index (χ2v) is 9.65. The first-order valence-corrected chi connectivity index (χ1v) is 12.0. The molecule has 0 aliphatic carbocycles. The predicted octanol–water partition coefficient (Wildman–Crippen LogP) is 5.59. The normalized spacial score (nSPS) is 18.7. The molecule has 0 radical (unpaired) electrons. The Balaban J connectivity index is 1.08. The zero-order chi connectivity index (χ0) is 19.9. The van der Waals surface area contributed by atoms with E-state index < -0.39 is 0 Å². The minimum Gasteiger partial charge on any atom is -0.355 e. The van der Waals surface area contributed by atoms with Crippen molar-refractivity contribution in [1.29, 1.82) is 0 Å². The lowest BCUT2D eigenvalue weighted by molar-refractivity contribution is 1.08. The number of nitrogens with zero attached hydrogens (tertiary/aromatic N) is 2. The van der Waals surface area contributed by atoms with Crippen LogP contribution in [0.2, 0.25) is 0 Å². The van der Waals surface area contributed by atoms with Gasteiger partial charge in [0.15, 0.2) is 11.0 Å². The van der Waals surface area contributed by atoms with Gasteiger partial charge >= 0.3 is 0 Å². The smallest absolute Gasteiger partial charge is 0.156 e. The summed E-state index contributed by atoms with van der Waals surface area (Å²) >= 11 is 0. The van der Waals surface area contributed by atoms with Crippen molar-refractivity contribution in [3.05, 3.63) is 85.5 Å². The van der Waals surface area contributed by atoms with Gasteiger partial charge in [-0.3, -0.25) is 0 Å². The Morgan fingerprint density at radius 2 is 0.933 bits per heavy atom. The molecular formula is C22H20N6S2. The maximum atomic E-state index is 3.57. The van der Waals surface area contributed by atoms with Gasteiger partial charge in [0.1, 0.15) is 0 Å². The zero-order valence-corrected chi connectivity index (χ0v) is 17.6. The molecule has 4 heterocycles. The van der Waals surface area contributed by atoms with Crippen LogP contribution in [0.15, 0.2) is 85.5 Å². The molecule has 0 fully saturated rings. The monoisotopic (exact) mass is 432 g/mol. The molecule has 6 nitrogen and oxygen atoms in total. The molecule has 2 aliphatic heterocycles. The van der Waals surface area contributed by atoms with Gasteiger partial charge in [-0.2, -0.15) is 0 Å². The highest BCUT2D eigenvalue weighted by molar-refractivity contribution is 8.77. The molecule has 6 rings (SSSR count). The van der Waals surface area contributed by atoms with Crippen molar-refractivity contribution >= 4 is 44.3 Å². The van der Waals surface area contributed by atoms with Crippen LogP contribution in [0.25, 0.3) is 11.4 Å². The van der Waals surface area contributed by atoms with Crippen LogP contribution in [-0.4, -0.2) is 20.1 Å². The van der Waals surface area contributed by atoms with E-state index in [0.29, 0.717) is 0 Å². The van der Waals surface area contributed by atoms with Gasteiger partial charge in [-0.1, -0.05) is 0 Å². The van der Waals surface area contributed by atoms with Crippen molar-refractivity contribution in [2.24, 2.45) is 0 Å². The Kier molecular flexibility index (Phi) is 4.32. The molecule has 4 N–H and O–H groups in total. The summed E-state index contributed by atoms with van der Waals surface area (Å²) in [6, 6.07) is 21.0. The van der Waals surface area contributed by atoms with Crippen LogP contribution in [0.3, 0.4) is 0 Å². The van der Waals surface area contributed by atoms with E-state index in [9.17, 15) is 0 Å². The van der Waals surface area contributed by atoms with Gasteiger partial charge in [-0.25, -0.2) is 0 Å². The van der Waals surface area contributed by atoms with E-state index in [-0.39, 0.29) is 11.0 Å². The van der Waals surface area contributed by atoms with Crippen molar-refractivity contribution in [1.82, 2.24) is 9.13 Å². The van der Waals surface area contributed by atoms with Crippen LogP contribution in [-0.2, 0) is 0 Å². The molecule has 30 heavy (non-hydrogen) atoms. The van der Waals surface area contributed by atoms with Crippen LogP contribution >= 0.6 is 21.6 Å². The second kappa shape index (κ2) is 7.30. The summed E-state index contributed by atoms with van der Waals surface area (Å²) in [5.74, 6) is 0. The number of aromatic nitrogens is 2. The van der Waals surface area contributed by atoms with Gasteiger partial charge in [0.05, 0.1) is 22.7 Å². The van der Waals surface area contributed by atoms with Crippen LogP contribution in [0.5, 0.6) is 0 Å². The van der Waals surface area contributed by atoms with Crippen molar-refractivity contribution < 1.29 is 0 Å². The van der Waals surface area contributed by atoms with Crippen LogP contribution < -0.4 is 21.3 Å². The lowest BCUT2D eigenvalue weighted by Crippen LogP contribution is -2.20. The number of hydrogen-bond donors (Lipinski definition) is 4. The van der Waals surface area contributed by atoms with Crippen molar-refractivity contribution in [2.75, 3.05) is 21.3 Å². The Morgan fingerprint density at radius 1 is 0.533 bits per heavy atom. The molecule has 2 unspecified atom stereocenters. The number of nitrogens with one attached hydrogen (secondary N) is 4. The third-order valence-corrected chi connectivity index (χ3v) is 7.66. The molecule has 0 saturated carbocycles. The van der Waals surface area contributed by atoms with Crippen LogP contribution in [0.1, 0.15) is 0 Å². The molecule has 0 amide bonds. The molecular weight excluding hydrogens is 412 g/mol.